The van der Waals surface area contributed by atoms with Gasteiger partial charge in [-0.1, -0.05) is 60.7 Å². The van der Waals surface area contributed by atoms with Crippen LogP contribution in [0.15, 0.2) is 66.1 Å². The molecule has 0 radical (unpaired) electrons. The predicted molar refractivity (Wildman–Crippen MR) is 89.5 cm³/mol. The lowest BCUT2D eigenvalue weighted by Crippen LogP contribution is -2.28. The van der Waals surface area contributed by atoms with Gasteiger partial charge >= 0.3 is 0 Å². The summed E-state index contributed by atoms with van der Waals surface area (Å²) in [5.74, 6) is 0. The molecule has 1 fully saturated rings. The van der Waals surface area contributed by atoms with E-state index in [4.69, 9.17) is 0 Å². The molecule has 0 aliphatic carbocycles. The molecule has 1 aliphatic rings. The Labute approximate surface area is 132 Å². The molecule has 1 heterocycles. The number of sulfonamides is 1. The van der Waals surface area contributed by atoms with Crippen LogP contribution in [0.1, 0.15) is 30.0 Å². The summed E-state index contributed by atoms with van der Waals surface area (Å²) in [6.45, 7) is 0.584. The highest BCUT2D eigenvalue weighted by atomic mass is 32.2. The average Bonchev–Trinajstić information content (AvgIpc) is 3.06. The highest BCUT2D eigenvalue weighted by Gasteiger charge is 2.33. The second-order valence-electron chi connectivity index (χ2n) is 5.44. The normalized spacial score (nSPS) is 19.7. The van der Waals surface area contributed by atoms with Gasteiger partial charge in [0.2, 0.25) is 10.0 Å². The summed E-state index contributed by atoms with van der Waals surface area (Å²) in [6, 6.07) is 19.3. The van der Waals surface area contributed by atoms with Crippen molar-refractivity contribution in [2.45, 2.75) is 18.9 Å². The fraction of sp³-hybridized carbons (Fsp3) is 0.222. The smallest absolute Gasteiger partial charge is 0.207 e. The van der Waals surface area contributed by atoms with E-state index in [2.05, 4.69) is 0 Å². The van der Waals surface area contributed by atoms with Gasteiger partial charge in [-0.3, -0.25) is 0 Å². The van der Waals surface area contributed by atoms with Gasteiger partial charge in [-0.25, -0.2) is 8.42 Å². The van der Waals surface area contributed by atoms with Crippen molar-refractivity contribution in [2.75, 3.05) is 6.54 Å². The maximum absolute atomic E-state index is 12.6. The molecule has 22 heavy (non-hydrogen) atoms. The average molecular weight is 313 g/mol. The van der Waals surface area contributed by atoms with Gasteiger partial charge in [0.1, 0.15) is 0 Å². The molecule has 0 spiro atoms. The maximum Gasteiger partial charge on any atom is 0.236 e. The second-order valence-corrected chi connectivity index (χ2v) is 7.21. The van der Waals surface area contributed by atoms with E-state index >= 15 is 0 Å². The molecule has 0 N–H and O–H groups in total. The van der Waals surface area contributed by atoms with E-state index < -0.39 is 10.0 Å². The zero-order valence-electron chi connectivity index (χ0n) is 12.3. The van der Waals surface area contributed by atoms with E-state index in [1.807, 2.05) is 60.7 Å². The molecular formula is C18H19NO2S. The Bertz CT molecular complexity index is 739. The van der Waals surface area contributed by atoms with Crippen LogP contribution < -0.4 is 0 Å². The molecule has 2 aromatic carbocycles. The summed E-state index contributed by atoms with van der Waals surface area (Å²) in [4.78, 5) is 0. The Morgan fingerprint density at radius 2 is 1.59 bits per heavy atom. The third-order valence-corrected chi connectivity index (χ3v) is 5.52. The molecule has 3 rings (SSSR count). The molecule has 2 aromatic rings. The first-order chi connectivity index (χ1) is 10.7. The maximum atomic E-state index is 12.6. The molecule has 1 atom stereocenters. The Morgan fingerprint density at radius 1 is 0.955 bits per heavy atom. The Hall–Kier alpha value is -1.91. The van der Waals surface area contributed by atoms with Crippen LogP contribution in [0.4, 0.5) is 0 Å². The van der Waals surface area contributed by atoms with Crippen molar-refractivity contribution >= 4 is 16.1 Å². The molecule has 4 heteroatoms. The lowest BCUT2D eigenvalue weighted by atomic mass is 10.1. The number of hydrogen-bond donors (Lipinski definition) is 0. The summed E-state index contributed by atoms with van der Waals surface area (Å²) in [7, 11) is -3.40. The standard InChI is InChI=1S/C18H19NO2S/c20-22(21,15-13-16-8-3-1-4-9-16)19-14-7-12-18(19)17-10-5-2-6-11-17/h1-6,8-11,13,15,18H,7,12,14H2/b15-13+. The summed E-state index contributed by atoms with van der Waals surface area (Å²) >= 11 is 0. The largest absolute Gasteiger partial charge is 0.236 e. The van der Waals surface area contributed by atoms with Gasteiger partial charge in [0.05, 0.1) is 6.04 Å². The van der Waals surface area contributed by atoms with Gasteiger partial charge in [-0.05, 0) is 30.0 Å². The minimum Gasteiger partial charge on any atom is -0.207 e. The molecular weight excluding hydrogens is 294 g/mol. The lowest BCUT2D eigenvalue weighted by molar-refractivity contribution is 0.403. The molecule has 1 aliphatic heterocycles. The molecule has 1 saturated heterocycles. The van der Waals surface area contributed by atoms with Crippen molar-refractivity contribution in [3.63, 3.8) is 0 Å². The first-order valence-electron chi connectivity index (χ1n) is 7.47. The third kappa shape index (κ3) is 3.29. The van der Waals surface area contributed by atoms with Crippen LogP contribution in [0, 0.1) is 0 Å². The van der Waals surface area contributed by atoms with Gasteiger partial charge in [-0.2, -0.15) is 4.31 Å². The van der Waals surface area contributed by atoms with E-state index in [0.717, 1.165) is 24.0 Å². The minimum absolute atomic E-state index is 0.0494. The highest BCUT2D eigenvalue weighted by Crippen LogP contribution is 2.34. The summed E-state index contributed by atoms with van der Waals surface area (Å²) < 4.78 is 26.9. The molecule has 0 amide bonds. The lowest BCUT2D eigenvalue weighted by Gasteiger charge is -2.22. The Kier molecular flexibility index (Phi) is 4.41. The summed E-state index contributed by atoms with van der Waals surface area (Å²) in [5, 5.41) is 1.32. The van der Waals surface area contributed by atoms with E-state index in [1.165, 1.54) is 5.41 Å². The van der Waals surface area contributed by atoms with Crippen LogP contribution in [0.3, 0.4) is 0 Å². The van der Waals surface area contributed by atoms with Crippen molar-refractivity contribution in [1.29, 1.82) is 0 Å². The van der Waals surface area contributed by atoms with Gasteiger partial charge < -0.3 is 0 Å². The van der Waals surface area contributed by atoms with Crippen LogP contribution >= 0.6 is 0 Å². The van der Waals surface area contributed by atoms with Crippen LogP contribution in [-0.2, 0) is 10.0 Å². The number of rotatable bonds is 4. The van der Waals surface area contributed by atoms with Gasteiger partial charge in [-0.15, -0.1) is 0 Å². The predicted octanol–water partition coefficient (Wildman–Crippen LogP) is 3.82. The summed E-state index contributed by atoms with van der Waals surface area (Å²) in [6.07, 6.45) is 3.44. The van der Waals surface area contributed by atoms with Crippen molar-refractivity contribution in [3.05, 3.63) is 77.2 Å². The van der Waals surface area contributed by atoms with Crippen molar-refractivity contribution in [3.8, 4) is 0 Å². The van der Waals surface area contributed by atoms with Crippen LogP contribution in [-0.4, -0.2) is 19.3 Å². The van der Waals surface area contributed by atoms with Crippen molar-refractivity contribution in [2.24, 2.45) is 0 Å². The molecule has 114 valence electrons. The minimum atomic E-state index is -3.40. The van der Waals surface area contributed by atoms with Crippen molar-refractivity contribution < 1.29 is 8.42 Å². The Morgan fingerprint density at radius 3 is 2.27 bits per heavy atom. The monoisotopic (exact) mass is 313 g/mol. The van der Waals surface area contributed by atoms with Gasteiger partial charge in [0.25, 0.3) is 0 Å². The SMILES string of the molecule is O=S(=O)(/C=C/c1ccccc1)N1CCCC1c1ccccc1. The van der Waals surface area contributed by atoms with Gasteiger partial charge in [0, 0.05) is 12.0 Å². The first-order valence-corrected chi connectivity index (χ1v) is 8.97. The topological polar surface area (TPSA) is 37.4 Å². The van der Waals surface area contributed by atoms with Crippen LogP contribution in [0.25, 0.3) is 6.08 Å². The van der Waals surface area contributed by atoms with Crippen LogP contribution in [0.5, 0.6) is 0 Å². The quantitative estimate of drug-likeness (QED) is 0.860. The number of benzene rings is 2. The number of nitrogens with zero attached hydrogens (tertiary/aromatic N) is 1. The van der Waals surface area contributed by atoms with Gasteiger partial charge in [0.15, 0.2) is 0 Å². The second kappa shape index (κ2) is 6.46. The fourth-order valence-electron chi connectivity index (χ4n) is 2.86. The van der Waals surface area contributed by atoms with E-state index in [1.54, 1.807) is 10.4 Å². The first kappa shape index (κ1) is 15.0. The molecule has 0 aromatic heterocycles. The molecule has 1 unspecified atom stereocenters. The summed E-state index contributed by atoms with van der Waals surface area (Å²) in [5.41, 5.74) is 1.96. The molecule has 0 saturated carbocycles. The van der Waals surface area contributed by atoms with E-state index in [0.29, 0.717) is 6.54 Å². The molecule has 0 bridgehead atoms. The zero-order valence-corrected chi connectivity index (χ0v) is 13.1. The Balaban J connectivity index is 1.84. The fourth-order valence-corrected chi connectivity index (χ4v) is 4.31. The van der Waals surface area contributed by atoms with Crippen LogP contribution in [0.2, 0.25) is 0 Å². The third-order valence-electron chi connectivity index (χ3n) is 3.95. The van der Waals surface area contributed by atoms with Crippen molar-refractivity contribution in [1.82, 2.24) is 4.31 Å². The zero-order chi connectivity index (χ0) is 15.4. The van der Waals surface area contributed by atoms with E-state index in [-0.39, 0.29) is 6.04 Å². The number of hydrogen-bond acceptors (Lipinski definition) is 2. The highest BCUT2D eigenvalue weighted by molar-refractivity contribution is 7.92. The van der Waals surface area contributed by atoms with E-state index in [9.17, 15) is 8.42 Å². The molecule has 3 nitrogen and oxygen atoms in total.